The molecular formula is C16H17BrClN. The molecule has 1 aromatic carbocycles. The smallest absolute Gasteiger partial charge is 0.0621 e. The minimum Gasteiger partial charge on any atom is -0.263 e. The van der Waals surface area contributed by atoms with Gasteiger partial charge in [-0.3, -0.25) is 4.98 Å². The van der Waals surface area contributed by atoms with E-state index in [-0.39, 0.29) is 5.41 Å². The summed E-state index contributed by atoms with van der Waals surface area (Å²) in [6.07, 6.45) is 5.50. The molecule has 0 fully saturated rings. The molecule has 0 radical (unpaired) electrons. The van der Waals surface area contributed by atoms with Crippen LogP contribution < -0.4 is 0 Å². The van der Waals surface area contributed by atoms with Crippen molar-refractivity contribution in [2.45, 2.75) is 25.2 Å². The lowest BCUT2D eigenvalue weighted by Gasteiger charge is -2.32. The van der Waals surface area contributed by atoms with Crippen LogP contribution in [0.2, 0.25) is 5.02 Å². The predicted molar refractivity (Wildman–Crippen MR) is 85.2 cm³/mol. The quantitative estimate of drug-likeness (QED) is 0.698. The van der Waals surface area contributed by atoms with Crippen molar-refractivity contribution in [2.24, 2.45) is 0 Å². The maximum atomic E-state index is 6.25. The van der Waals surface area contributed by atoms with Crippen LogP contribution in [0.15, 0.2) is 48.8 Å². The zero-order valence-electron chi connectivity index (χ0n) is 10.9. The fourth-order valence-corrected chi connectivity index (χ4v) is 3.46. The molecule has 1 atom stereocenters. The first kappa shape index (κ1) is 14.5. The molecule has 0 saturated carbocycles. The SMILES string of the molecule is CCC(CBr)(Cc1ccncc1Cl)c1ccccc1. The van der Waals surface area contributed by atoms with Crippen LogP contribution in [0.1, 0.15) is 24.5 Å². The Morgan fingerprint density at radius 1 is 1.21 bits per heavy atom. The molecule has 2 aromatic rings. The minimum absolute atomic E-state index is 0.0756. The zero-order chi connectivity index (χ0) is 13.7. The van der Waals surface area contributed by atoms with Crippen molar-refractivity contribution in [1.29, 1.82) is 0 Å². The Hall–Kier alpha value is -0.860. The molecule has 0 aliphatic heterocycles. The van der Waals surface area contributed by atoms with E-state index in [9.17, 15) is 0 Å². The number of aromatic nitrogens is 1. The number of hydrogen-bond acceptors (Lipinski definition) is 1. The summed E-state index contributed by atoms with van der Waals surface area (Å²) in [4.78, 5) is 4.06. The first-order chi connectivity index (χ1) is 9.22. The van der Waals surface area contributed by atoms with Crippen LogP contribution in [-0.2, 0) is 11.8 Å². The molecule has 100 valence electrons. The van der Waals surface area contributed by atoms with Gasteiger partial charge in [-0.25, -0.2) is 0 Å². The van der Waals surface area contributed by atoms with Crippen LogP contribution in [-0.4, -0.2) is 10.3 Å². The lowest BCUT2D eigenvalue weighted by atomic mass is 9.75. The molecule has 0 saturated heterocycles. The van der Waals surface area contributed by atoms with E-state index < -0.39 is 0 Å². The molecule has 1 heterocycles. The normalized spacial score (nSPS) is 14.1. The topological polar surface area (TPSA) is 12.9 Å². The Morgan fingerprint density at radius 3 is 2.53 bits per heavy atom. The molecule has 0 spiro atoms. The van der Waals surface area contributed by atoms with E-state index in [2.05, 4.69) is 58.2 Å². The molecule has 1 nitrogen and oxygen atoms in total. The summed E-state index contributed by atoms with van der Waals surface area (Å²) in [5.74, 6) is 0. The molecule has 3 heteroatoms. The molecule has 0 N–H and O–H groups in total. The summed E-state index contributed by atoms with van der Waals surface area (Å²) in [5.41, 5.74) is 2.58. The van der Waals surface area contributed by atoms with Gasteiger partial charge in [0.15, 0.2) is 0 Å². The van der Waals surface area contributed by atoms with Gasteiger partial charge in [-0.2, -0.15) is 0 Å². The van der Waals surface area contributed by atoms with Crippen LogP contribution >= 0.6 is 27.5 Å². The molecule has 1 aromatic heterocycles. The first-order valence-corrected chi connectivity index (χ1v) is 7.91. The van der Waals surface area contributed by atoms with Gasteiger partial charge in [-0.15, -0.1) is 0 Å². The Morgan fingerprint density at radius 2 is 1.95 bits per heavy atom. The van der Waals surface area contributed by atoms with Gasteiger partial charge in [-0.1, -0.05) is 64.8 Å². The van der Waals surface area contributed by atoms with Crippen LogP contribution in [0.25, 0.3) is 0 Å². The van der Waals surface area contributed by atoms with Crippen molar-refractivity contribution in [2.75, 3.05) is 5.33 Å². The lowest BCUT2D eigenvalue weighted by molar-refractivity contribution is 0.464. The van der Waals surface area contributed by atoms with Crippen LogP contribution in [0.3, 0.4) is 0 Å². The van der Waals surface area contributed by atoms with E-state index >= 15 is 0 Å². The standard InChI is InChI=1S/C16H17BrClN/c1-2-16(12-17,14-6-4-3-5-7-14)10-13-8-9-19-11-15(13)18/h3-9,11H,2,10,12H2,1H3. The number of hydrogen-bond donors (Lipinski definition) is 0. The van der Waals surface area contributed by atoms with Crippen molar-refractivity contribution in [3.8, 4) is 0 Å². The third-order valence-corrected chi connectivity index (χ3v) is 5.12. The molecule has 0 bridgehead atoms. The Balaban J connectivity index is 2.38. The summed E-state index contributed by atoms with van der Waals surface area (Å²) < 4.78 is 0. The van der Waals surface area contributed by atoms with Crippen molar-refractivity contribution in [3.05, 3.63) is 64.9 Å². The van der Waals surface area contributed by atoms with E-state index in [0.717, 1.165) is 28.8 Å². The third-order valence-electron chi connectivity index (χ3n) is 3.70. The highest BCUT2D eigenvalue weighted by Crippen LogP contribution is 2.35. The Labute approximate surface area is 128 Å². The number of alkyl halides is 1. The van der Waals surface area contributed by atoms with Gasteiger partial charge in [-0.05, 0) is 30.0 Å². The summed E-state index contributed by atoms with van der Waals surface area (Å²) in [6, 6.07) is 12.6. The highest BCUT2D eigenvalue weighted by atomic mass is 79.9. The second kappa shape index (κ2) is 6.53. The second-order valence-corrected chi connectivity index (χ2v) is 5.75. The van der Waals surface area contributed by atoms with Gasteiger partial charge in [0, 0.05) is 23.1 Å². The van der Waals surface area contributed by atoms with Crippen molar-refractivity contribution in [1.82, 2.24) is 4.98 Å². The van der Waals surface area contributed by atoms with Crippen LogP contribution in [0, 0.1) is 0 Å². The fraction of sp³-hybridized carbons (Fsp3) is 0.312. The highest BCUT2D eigenvalue weighted by Gasteiger charge is 2.30. The van der Waals surface area contributed by atoms with E-state index in [1.165, 1.54) is 5.56 Å². The van der Waals surface area contributed by atoms with Crippen LogP contribution in [0.5, 0.6) is 0 Å². The largest absolute Gasteiger partial charge is 0.263 e. The second-order valence-electron chi connectivity index (χ2n) is 4.78. The summed E-state index contributed by atoms with van der Waals surface area (Å²) in [5, 5.41) is 1.66. The maximum Gasteiger partial charge on any atom is 0.0621 e. The van der Waals surface area contributed by atoms with Gasteiger partial charge in [0.1, 0.15) is 0 Å². The summed E-state index contributed by atoms with van der Waals surface area (Å²) >= 11 is 9.95. The van der Waals surface area contributed by atoms with E-state index in [1.54, 1.807) is 12.4 Å². The molecule has 1 unspecified atom stereocenters. The predicted octanol–water partition coefficient (Wildman–Crippen LogP) is 5.02. The van der Waals surface area contributed by atoms with Gasteiger partial charge in [0.25, 0.3) is 0 Å². The molecule has 0 aliphatic rings. The number of halogens is 2. The molecule has 0 amide bonds. The van der Waals surface area contributed by atoms with Gasteiger partial charge in [0.05, 0.1) is 5.02 Å². The molecule has 2 rings (SSSR count). The molecule has 0 aliphatic carbocycles. The average molecular weight is 339 g/mol. The van der Waals surface area contributed by atoms with Gasteiger partial charge in [0.2, 0.25) is 0 Å². The molecule has 19 heavy (non-hydrogen) atoms. The summed E-state index contributed by atoms with van der Waals surface area (Å²) in [6.45, 7) is 2.23. The van der Waals surface area contributed by atoms with Gasteiger partial charge >= 0.3 is 0 Å². The fourth-order valence-electron chi connectivity index (χ4n) is 2.35. The van der Waals surface area contributed by atoms with Crippen molar-refractivity contribution in [3.63, 3.8) is 0 Å². The average Bonchev–Trinajstić information content (AvgIpc) is 2.48. The highest BCUT2D eigenvalue weighted by molar-refractivity contribution is 9.09. The Kier molecular flexibility index (Phi) is 5.00. The number of pyridine rings is 1. The summed E-state index contributed by atoms with van der Waals surface area (Å²) in [7, 11) is 0. The Bertz CT molecular complexity index is 523. The lowest BCUT2D eigenvalue weighted by Crippen LogP contribution is -2.30. The van der Waals surface area contributed by atoms with E-state index in [4.69, 9.17) is 11.6 Å². The van der Waals surface area contributed by atoms with E-state index in [0.29, 0.717) is 0 Å². The third kappa shape index (κ3) is 3.18. The monoisotopic (exact) mass is 337 g/mol. The van der Waals surface area contributed by atoms with Crippen molar-refractivity contribution < 1.29 is 0 Å². The van der Waals surface area contributed by atoms with Crippen LogP contribution in [0.4, 0.5) is 0 Å². The first-order valence-electron chi connectivity index (χ1n) is 6.42. The maximum absolute atomic E-state index is 6.25. The molecular weight excluding hydrogens is 322 g/mol. The number of nitrogens with zero attached hydrogens (tertiary/aromatic N) is 1. The minimum atomic E-state index is 0.0756. The zero-order valence-corrected chi connectivity index (χ0v) is 13.3. The van der Waals surface area contributed by atoms with Crippen molar-refractivity contribution >= 4 is 27.5 Å². The van der Waals surface area contributed by atoms with Gasteiger partial charge < -0.3 is 0 Å². The number of rotatable bonds is 5. The number of benzene rings is 1. The van der Waals surface area contributed by atoms with E-state index in [1.807, 2.05) is 6.07 Å².